The Hall–Kier alpha value is -0.380. The summed E-state index contributed by atoms with van der Waals surface area (Å²) < 4.78 is 0. The van der Waals surface area contributed by atoms with Gasteiger partial charge in [-0.2, -0.15) is 11.8 Å². The van der Waals surface area contributed by atoms with Crippen molar-refractivity contribution in [2.45, 2.75) is 32.1 Å². The van der Waals surface area contributed by atoms with Crippen LogP contribution < -0.4 is 5.32 Å². The molecule has 0 bridgehead atoms. The minimum absolute atomic E-state index is 0.166. The van der Waals surface area contributed by atoms with Gasteiger partial charge in [0.15, 0.2) is 0 Å². The molecule has 2 saturated heterocycles. The molecule has 1 atom stereocenters. The maximum atomic E-state index is 11.9. The Kier molecular flexibility index (Phi) is 4.82. The standard InChI is InChI=1S/C12H22N2OS/c15-12(13-9-11-5-8-16-10-11)14-6-3-1-2-4-7-14/h11H,1-10H2,(H,13,15). The highest BCUT2D eigenvalue weighted by atomic mass is 32.2. The zero-order chi connectivity index (χ0) is 11.2. The van der Waals surface area contributed by atoms with Gasteiger partial charge in [-0.05, 0) is 36.7 Å². The van der Waals surface area contributed by atoms with Crippen molar-refractivity contribution in [3.05, 3.63) is 0 Å². The van der Waals surface area contributed by atoms with Gasteiger partial charge in [0, 0.05) is 19.6 Å². The summed E-state index contributed by atoms with van der Waals surface area (Å²) in [6.45, 7) is 2.78. The summed E-state index contributed by atoms with van der Waals surface area (Å²) in [7, 11) is 0. The first-order valence-corrected chi connectivity index (χ1v) is 7.62. The van der Waals surface area contributed by atoms with Crippen LogP contribution in [0.5, 0.6) is 0 Å². The highest BCUT2D eigenvalue weighted by molar-refractivity contribution is 7.99. The average molecular weight is 242 g/mol. The Bertz CT molecular complexity index is 221. The summed E-state index contributed by atoms with van der Waals surface area (Å²) in [4.78, 5) is 13.9. The van der Waals surface area contributed by atoms with E-state index in [4.69, 9.17) is 0 Å². The van der Waals surface area contributed by atoms with Crippen LogP contribution in [0.1, 0.15) is 32.1 Å². The van der Waals surface area contributed by atoms with E-state index in [1.165, 1.54) is 43.6 Å². The Labute approximate surface area is 102 Å². The van der Waals surface area contributed by atoms with Crippen LogP contribution in [0.3, 0.4) is 0 Å². The number of urea groups is 1. The largest absolute Gasteiger partial charge is 0.338 e. The summed E-state index contributed by atoms with van der Waals surface area (Å²) in [5.41, 5.74) is 0. The van der Waals surface area contributed by atoms with Crippen molar-refractivity contribution in [1.29, 1.82) is 0 Å². The van der Waals surface area contributed by atoms with Gasteiger partial charge in [0.2, 0.25) is 0 Å². The highest BCUT2D eigenvalue weighted by Gasteiger charge is 2.19. The van der Waals surface area contributed by atoms with E-state index in [2.05, 4.69) is 5.32 Å². The SMILES string of the molecule is O=C(NCC1CCSC1)N1CCCCCC1. The van der Waals surface area contributed by atoms with E-state index in [0.717, 1.165) is 19.6 Å². The lowest BCUT2D eigenvalue weighted by atomic mass is 10.1. The average Bonchev–Trinajstić information content (AvgIpc) is 2.66. The molecule has 2 amide bonds. The molecule has 0 spiro atoms. The lowest BCUT2D eigenvalue weighted by Gasteiger charge is -2.21. The van der Waals surface area contributed by atoms with E-state index in [9.17, 15) is 4.79 Å². The van der Waals surface area contributed by atoms with Crippen LogP contribution in [0.15, 0.2) is 0 Å². The summed E-state index contributed by atoms with van der Waals surface area (Å²) in [5, 5.41) is 3.10. The van der Waals surface area contributed by atoms with Crippen LogP contribution in [0, 0.1) is 5.92 Å². The van der Waals surface area contributed by atoms with Gasteiger partial charge in [-0.15, -0.1) is 0 Å². The van der Waals surface area contributed by atoms with Crippen molar-refractivity contribution >= 4 is 17.8 Å². The second-order valence-electron chi connectivity index (χ2n) is 4.82. The molecule has 1 N–H and O–H groups in total. The topological polar surface area (TPSA) is 32.3 Å². The number of nitrogens with zero attached hydrogens (tertiary/aromatic N) is 1. The maximum absolute atomic E-state index is 11.9. The number of carbonyl (C=O) groups is 1. The van der Waals surface area contributed by atoms with Gasteiger partial charge < -0.3 is 10.2 Å². The third-order valence-corrected chi connectivity index (χ3v) is 4.69. The summed E-state index contributed by atoms with van der Waals surface area (Å²) in [6.07, 6.45) is 6.18. The van der Waals surface area contributed by atoms with Crippen molar-refractivity contribution in [1.82, 2.24) is 10.2 Å². The molecule has 0 aliphatic carbocycles. The van der Waals surface area contributed by atoms with Gasteiger partial charge in [0.25, 0.3) is 0 Å². The first-order chi connectivity index (χ1) is 7.86. The Morgan fingerprint density at radius 3 is 2.62 bits per heavy atom. The molecule has 1 unspecified atom stereocenters. The van der Waals surface area contributed by atoms with Crippen molar-refractivity contribution in [2.75, 3.05) is 31.1 Å². The summed E-state index contributed by atoms with van der Waals surface area (Å²) >= 11 is 2.01. The van der Waals surface area contributed by atoms with E-state index >= 15 is 0 Å². The molecule has 92 valence electrons. The van der Waals surface area contributed by atoms with Crippen molar-refractivity contribution in [3.8, 4) is 0 Å². The van der Waals surface area contributed by atoms with Crippen LogP contribution >= 0.6 is 11.8 Å². The first-order valence-electron chi connectivity index (χ1n) is 6.47. The number of amides is 2. The number of rotatable bonds is 2. The molecule has 0 aromatic heterocycles. The third-order valence-electron chi connectivity index (χ3n) is 3.46. The fourth-order valence-electron chi connectivity index (χ4n) is 2.36. The highest BCUT2D eigenvalue weighted by Crippen LogP contribution is 2.22. The molecule has 0 aromatic carbocycles. The van der Waals surface area contributed by atoms with Gasteiger partial charge in [0.05, 0.1) is 0 Å². The van der Waals surface area contributed by atoms with Crippen LogP contribution in [0.4, 0.5) is 4.79 Å². The fourth-order valence-corrected chi connectivity index (χ4v) is 3.65. The number of likely N-dealkylation sites (tertiary alicyclic amines) is 1. The van der Waals surface area contributed by atoms with Crippen LogP contribution in [-0.4, -0.2) is 42.1 Å². The van der Waals surface area contributed by atoms with E-state index in [-0.39, 0.29) is 6.03 Å². The first kappa shape index (κ1) is 12.1. The molecular formula is C12H22N2OS. The monoisotopic (exact) mass is 242 g/mol. The molecule has 0 saturated carbocycles. The molecule has 4 heteroatoms. The van der Waals surface area contributed by atoms with E-state index < -0.39 is 0 Å². The quantitative estimate of drug-likeness (QED) is 0.806. The van der Waals surface area contributed by atoms with Crippen molar-refractivity contribution < 1.29 is 4.79 Å². The van der Waals surface area contributed by atoms with Crippen molar-refractivity contribution in [3.63, 3.8) is 0 Å². The normalized spacial score (nSPS) is 26.5. The molecule has 2 aliphatic rings. The molecule has 2 heterocycles. The number of nitrogens with one attached hydrogen (secondary N) is 1. The second kappa shape index (κ2) is 6.38. The number of hydrogen-bond acceptors (Lipinski definition) is 2. The summed E-state index contributed by atoms with van der Waals surface area (Å²) in [6, 6.07) is 0.166. The van der Waals surface area contributed by atoms with Gasteiger partial charge >= 0.3 is 6.03 Å². The van der Waals surface area contributed by atoms with E-state index in [1.807, 2.05) is 16.7 Å². The zero-order valence-electron chi connectivity index (χ0n) is 9.91. The Balaban J connectivity index is 1.69. The van der Waals surface area contributed by atoms with Crippen LogP contribution in [-0.2, 0) is 0 Å². The number of thioether (sulfide) groups is 1. The molecule has 0 aromatic rings. The van der Waals surface area contributed by atoms with E-state index in [0.29, 0.717) is 5.92 Å². The van der Waals surface area contributed by atoms with Crippen LogP contribution in [0.25, 0.3) is 0 Å². The van der Waals surface area contributed by atoms with Crippen molar-refractivity contribution in [2.24, 2.45) is 5.92 Å². The van der Waals surface area contributed by atoms with E-state index in [1.54, 1.807) is 0 Å². The molecule has 16 heavy (non-hydrogen) atoms. The lowest BCUT2D eigenvalue weighted by Crippen LogP contribution is -2.42. The smallest absolute Gasteiger partial charge is 0.317 e. The molecular weight excluding hydrogens is 220 g/mol. The predicted octanol–water partition coefficient (Wildman–Crippen LogP) is 2.33. The third kappa shape index (κ3) is 3.58. The van der Waals surface area contributed by atoms with Gasteiger partial charge in [-0.25, -0.2) is 4.79 Å². The minimum atomic E-state index is 0.166. The lowest BCUT2D eigenvalue weighted by molar-refractivity contribution is 0.198. The Morgan fingerprint density at radius 1 is 1.25 bits per heavy atom. The molecule has 2 fully saturated rings. The van der Waals surface area contributed by atoms with Gasteiger partial charge in [0.1, 0.15) is 0 Å². The second-order valence-corrected chi connectivity index (χ2v) is 5.97. The molecule has 3 nitrogen and oxygen atoms in total. The zero-order valence-corrected chi connectivity index (χ0v) is 10.7. The predicted molar refractivity (Wildman–Crippen MR) is 68.9 cm³/mol. The fraction of sp³-hybridized carbons (Fsp3) is 0.917. The molecule has 2 aliphatic heterocycles. The number of carbonyl (C=O) groups excluding carboxylic acids is 1. The maximum Gasteiger partial charge on any atom is 0.317 e. The van der Waals surface area contributed by atoms with Gasteiger partial charge in [-0.3, -0.25) is 0 Å². The Morgan fingerprint density at radius 2 is 2.00 bits per heavy atom. The van der Waals surface area contributed by atoms with Crippen LogP contribution in [0.2, 0.25) is 0 Å². The minimum Gasteiger partial charge on any atom is -0.338 e. The molecule has 0 radical (unpaired) electrons. The number of hydrogen-bond donors (Lipinski definition) is 1. The summed E-state index contributed by atoms with van der Waals surface area (Å²) in [5.74, 6) is 3.20. The van der Waals surface area contributed by atoms with Gasteiger partial charge in [-0.1, -0.05) is 12.8 Å². The molecule has 2 rings (SSSR count).